The van der Waals surface area contributed by atoms with Crippen LogP contribution in [0.5, 0.6) is 0 Å². The fourth-order valence-electron chi connectivity index (χ4n) is 5.04. The first-order valence-electron chi connectivity index (χ1n) is 10.3. The van der Waals surface area contributed by atoms with E-state index in [1.54, 1.807) is 0 Å². The number of nitrogens with zero attached hydrogens (tertiary/aromatic N) is 2. The minimum atomic E-state index is -0.577. The number of likely N-dealkylation sites (tertiary alicyclic amines) is 1. The molecule has 3 saturated heterocycles. The predicted octanol–water partition coefficient (Wildman–Crippen LogP) is 2.18. The van der Waals surface area contributed by atoms with Crippen molar-refractivity contribution in [3.05, 3.63) is 29.8 Å². The molecule has 4 atom stereocenters. The highest BCUT2D eigenvalue weighted by Gasteiger charge is 2.62. The Kier molecular flexibility index (Phi) is 6.85. The highest BCUT2D eigenvalue weighted by Crippen LogP contribution is 2.54. The molecule has 1 spiro atoms. The normalized spacial score (nSPS) is 30.0. The Bertz CT molecular complexity index is 732. The van der Waals surface area contributed by atoms with Gasteiger partial charge in [0.15, 0.2) is 5.82 Å². The molecule has 2 N–H and O–H groups in total. The van der Waals surface area contributed by atoms with E-state index in [0.717, 1.165) is 38.7 Å². The number of rotatable bonds is 6. The van der Waals surface area contributed by atoms with Gasteiger partial charge in [-0.3, -0.25) is 14.6 Å². The van der Waals surface area contributed by atoms with Crippen LogP contribution in [0, 0.1) is 23.6 Å². The first-order chi connectivity index (χ1) is 13.9. The zero-order valence-electron chi connectivity index (χ0n) is 17.0. The van der Waals surface area contributed by atoms with Gasteiger partial charge in [-0.2, -0.15) is 0 Å². The van der Waals surface area contributed by atoms with Crippen LogP contribution in [-0.2, 0) is 9.53 Å². The SMILES string of the molecule is CC(C)CCN1C[C@@H]2[C@H](CNC(=O)c3ccncc3F)[C@H]3CC[C@]2(C1)O3.O=CO. The smallest absolute Gasteiger partial charge is 0.290 e. The lowest BCUT2D eigenvalue weighted by Crippen LogP contribution is -2.42. The molecule has 1 aromatic rings. The van der Waals surface area contributed by atoms with E-state index in [-0.39, 0.29) is 29.6 Å². The summed E-state index contributed by atoms with van der Waals surface area (Å²) in [6.45, 7) is 8.00. The topological polar surface area (TPSA) is 91.8 Å². The molecule has 160 valence electrons. The third-order valence-corrected chi connectivity index (χ3v) is 6.39. The number of hydrogen-bond donors (Lipinski definition) is 2. The van der Waals surface area contributed by atoms with Crippen molar-refractivity contribution in [2.75, 3.05) is 26.2 Å². The summed E-state index contributed by atoms with van der Waals surface area (Å²) in [7, 11) is 0. The van der Waals surface area contributed by atoms with Gasteiger partial charge in [-0.25, -0.2) is 4.39 Å². The molecule has 29 heavy (non-hydrogen) atoms. The van der Waals surface area contributed by atoms with Gasteiger partial charge < -0.3 is 20.1 Å². The van der Waals surface area contributed by atoms with Gasteiger partial charge >= 0.3 is 0 Å². The van der Waals surface area contributed by atoms with Crippen LogP contribution in [-0.4, -0.2) is 65.3 Å². The molecule has 3 aliphatic heterocycles. The van der Waals surface area contributed by atoms with Crippen molar-refractivity contribution < 1.29 is 23.8 Å². The van der Waals surface area contributed by atoms with E-state index in [9.17, 15) is 9.18 Å². The molecule has 1 aromatic heterocycles. The maximum Gasteiger partial charge on any atom is 0.290 e. The Morgan fingerprint density at radius 2 is 2.31 bits per heavy atom. The lowest BCUT2D eigenvalue weighted by atomic mass is 9.73. The Hall–Kier alpha value is -2.06. The van der Waals surface area contributed by atoms with E-state index in [0.29, 0.717) is 24.3 Å². The highest BCUT2D eigenvalue weighted by molar-refractivity contribution is 5.94. The lowest BCUT2D eigenvalue weighted by molar-refractivity contribution is -0.122. The lowest BCUT2D eigenvalue weighted by Gasteiger charge is -2.29. The molecule has 0 unspecified atom stereocenters. The van der Waals surface area contributed by atoms with Gasteiger partial charge in [0.1, 0.15) is 0 Å². The fraction of sp³-hybridized carbons (Fsp3) is 0.667. The van der Waals surface area contributed by atoms with Crippen LogP contribution in [0.15, 0.2) is 18.5 Å². The van der Waals surface area contributed by atoms with Crippen LogP contribution in [0.4, 0.5) is 4.39 Å². The van der Waals surface area contributed by atoms with E-state index in [1.165, 1.54) is 18.7 Å². The van der Waals surface area contributed by atoms with Gasteiger partial charge in [0.25, 0.3) is 12.4 Å². The summed E-state index contributed by atoms with van der Waals surface area (Å²) in [5.74, 6) is 0.552. The molecule has 0 saturated carbocycles. The monoisotopic (exact) mass is 407 g/mol. The number of carbonyl (C=O) groups excluding carboxylic acids is 1. The van der Waals surface area contributed by atoms with E-state index >= 15 is 0 Å². The number of amides is 1. The zero-order valence-corrected chi connectivity index (χ0v) is 17.0. The molecule has 4 rings (SSSR count). The van der Waals surface area contributed by atoms with Crippen LogP contribution in [0.1, 0.15) is 43.5 Å². The highest BCUT2D eigenvalue weighted by atomic mass is 19.1. The first kappa shape index (κ1) is 21.6. The maximum absolute atomic E-state index is 13.8. The summed E-state index contributed by atoms with van der Waals surface area (Å²) in [6, 6.07) is 1.42. The van der Waals surface area contributed by atoms with Crippen LogP contribution in [0.25, 0.3) is 0 Å². The van der Waals surface area contributed by atoms with Crippen LogP contribution >= 0.6 is 0 Å². The van der Waals surface area contributed by atoms with Crippen molar-refractivity contribution in [3.8, 4) is 0 Å². The molecule has 2 bridgehead atoms. The molecular weight excluding hydrogens is 377 g/mol. The van der Waals surface area contributed by atoms with Crippen molar-refractivity contribution in [1.82, 2.24) is 15.2 Å². The molecule has 1 amide bonds. The molecule has 4 heterocycles. The molecule has 7 nitrogen and oxygen atoms in total. The Balaban J connectivity index is 0.000000755. The maximum atomic E-state index is 13.8. The second-order valence-electron chi connectivity index (χ2n) is 8.62. The standard InChI is InChI=1S/C20H28FN3O2.CH2O2/c1-13(2)5-8-24-11-16-15(18-3-6-20(16,12-24)26-18)9-23-19(25)14-4-7-22-10-17(14)21;2-1-3/h4,7,10,13,15-16,18H,3,5-6,8-9,11-12H2,1-2H3,(H,23,25);1H,(H,2,3)/t15-,16+,18+,20+;/m0./s1. The second kappa shape index (κ2) is 9.17. The van der Waals surface area contributed by atoms with E-state index in [1.807, 2.05) is 0 Å². The van der Waals surface area contributed by atoms with E-state index in [4.69, 9.17) is 14.6 Å². The number of carbonyl (C=O) groups is 2. The number of nitrogens with one attached hydrogen (secondary N) is 1. The van der Waals surface area contributed by atoms with Crippen molar-refractivity contribution >= 4 is 12.4 Å². The van der Waals surface area contributed by atoms with Crippen molar-refractivity contribution in [3.63, 3.8) is 0 Å². The number of fused-ring (bicyclic) bond motifs is 1. The van der Waals surface area contributed by atoms with Crippen LogP contribution in [0.2, 0.25) is 0 Å². The van der Waals surface area contributed by atoms with Crippen molar-refractivity contribution in [1.29, 1.82) is 0 Å². The van der Waals surface area contributed by atoms with Gasteiger partial charge in [0.2, 0.25) is 0 Å². The van der Waals surface area contributed by atoms with Gasteiger partial charge in [-0.1, -0.05) is 13.8 Å². The minimum Gasteiger partial charge on any atom is -0.483 e. The number of hydrogen-bond acceptors (Lipinski definition) is 5. The molecule has 8 heteroatoms. The average Bonchev–Trinajstić information content (AvgIpc) is 3.33. The number of ether oxygens (including phenoxy) is 1. The molecule has 3 aliphatic rings. The molecular formula is C21H30FN3O4. The Morgan fingerprint density at radius 1 is 1.55 bits per heavy atom. The molecule has 0 radical (unpaired) electrons. The quantitative estimate of drug-likeness (QED) is 0.703. The minimum absolute atomic E-state index is 0.0149. The van der Waals surface area contributed by atoms with Crippen LogP contribution < -0.4 is 5.32 Å². The number of pyridine rings is 1. The third-order valence-electron chi connectivity index (χ3n) is 6.39. The van der Waals surface area contributed by atoms with E-state index in [2.05, 4.69) is 29.0 Å². The summed E-state index contributed by atoms with van der Waals surface area (Å²) in [6.07, 6.45) is 6.15. The summed E-state index contributed by atoms with van der Waals surface area (Å²) < 4.78 is 20.2. The summed E-state index contributed by atoms with van der Waals surface area (Å²) in [5.41, 5.74) is 0.0441. The first-order valence-corrected chi connectivity index (χ1v) is 10.3. The van der Waals surface area contributed by atoms with E-state index < -0.39 is 5.82 Å². The molecule has 0 aromatic carbocycles. The van der Waals surface area contributed by atoms with Crippen LogP contribution in [0.3, 0.4) is 0 Å². The summed E-state index contributed by atoms with van der Waals surface area (Å²) in [4.78, 5) is 26.9. The van der Waals surface area contributed by atoms with Crippen molar-refractivity contribution in [2.24, 2.45) is 17.8 Å². The van der Waals surface area contributed by atoms with Gasteiger partial charge in [-0.05, 0) is 37.8 Å². The number of halogens is 1. The average molecular weight is 407 g/mol. The summed E-state index contributed by atoms with van der Waals surface area (Å²) in [5, 5.41) is 9.82. The van der Waals surface area contributed by atoms with Gasteiger partial charge in [0, 0.05) is 37.7 Å². The number of carboxylic acid groups (broad SMARTS) is 1. The zero-order chi connectivity index (χ0) is 21.0. The largest absolute Gasteiger partial charge is 0.483 e. The van der Waals surface area contributed by atoms with Gasteiger partial charge in [-0.15, -0.1) is 0 Å². The summed E-state index contributed by atoms with van der Waals surface area (Å²) >= 11 is 0. The molecule has 3 fully saturated rings. The van der Waals surface area contributed by atoms with Crippen molar-refractivity contribution in [2.45, 2.75) is 44.8 Å². The Morgan fingerprint density at radius 3 is 3.00 bits per heavy atom. The van der Waals surface area contributed by atoms with Gasteiger partial charge in [0.05, 0.1) is 23.5 Å². The second-order valence-corrected chi connectivity index (χ2v) is 8.62. The number of aromatic nitrogens is 1. The Labute approximate surface area is 170 Å². The third kappa shape index (κ3) is 4.59. The fourth-order valence-corrected chi connectivity index (χ4v) is 5.04. The predicted molar refractivity (Wildman–Crippen MR) is 105 cm³/mol. The molecule has 0 aliphatic carbocycles.